The summed E-state index contributed by atoms with van der Waals surface area (Å²) in [4.78, 5) is 7.14. The summed E-state index contributed by atoms with van der Waals surface area (Å²) in [6.45, 7) is 5.78. The molecule has 3 rings (SSSR count). The molecule has 0 bridgehead atoms. The van der Waals surface area contributed by atoms with Crippen molar-refractivity contribution in [1.82, 2.24) is 19.8 Å². The third kappa shape index (κ3) is 2.77. The normalized spacial score (nSPS) is 28.5. The lowest BCUT2D eigenvalue weighted by atomic mass is 9.92. The van der Waals surface area contributed by atoms with E-state index in [2.05, 4.69) is 46.3 Å². The Balaban J connectivity index is 1.91. The Bertz CT molecular complexity index is 424. The molecule has 1 aromatic rings. The van der Waals surface area contributed by atoms with Crippen LogP contribution in [0.25, 0.3) is 0 Å². The van der Waals surface area contributed by atoms with Crippen LogP contribution in [-0.2, 0) is 0 Å². The molecule has 4 nitrogen and oxygen atoms in total. The van der Waals surface area contributed by atoms with Crippen molar-refractivity contribution in [3.63, 3.8) is 0 Å². The maximum atomic E-state index is 4.47. The van der Waals surface area contributed by atoms with Crippen LogP contribution in [-0.4, -0.2) is 41.1 Å². The van der Waals surface area contributed by atoms with Gasteiger partial charge in [-0.2, -0.15) is 0 Å². The Morgan fingerprint density at radius 3 is 2.85 bits per heavy atom. The smallest absolute Gasteiger partial charge is 0.0951 e. The van der Waals surface area contributed by atoms with Crippen molar-refractivity contribution in [2.45, 2.75) is 51.1 Å². The highest BCUT2D eigenvalue weighted by Crippen LogP contribution is 2.41. The Morgan fingerprint density at radius 1 is 1.30 bits per heavy atom. The van der Waals surface area contributed by atoms with Gasteiger partial charge in [0.2, 0.25) is 0 Å². The first-order valence-electron chi connectivity index (χ1n) is 8.25. The Hall–Kier alpha value is -0.870. The Labute approximate surface area is 122 Å². The number of aromatic nitrogens is 2. The molecule has 2 heterocycles. The van der Waals surface area contributed by atoms with Gasteiger partial charge in [-0.3, -0.25) is 4.90 Å². The summed E-state index contributed by atoms with van der Waals surface area (Å²) in [5, 5.41) is 3.41. The van der Waals surface area contributed by atoms with E-state index in [-0.39, 0.29) is 0 Å². The predicted octanol–water partition coefficient (Wildman–Crippen LogP) is 2.60. The van der Waals surface area contributed by atoms with Crippen LogP contribution in [0.2, 0.25) is 0 Å². The van der Waals surface area contributed by atoms with Gasteiger partial charge in [-0.15, -0.1) is 0 Å². The number of hydrogen-bond donors (Lipinski definition) is 1. The third-order valence-electron chi connectivity index (χ3n) is 4.92. The van der Waals surface area contributed by atoms with E-state index in [0.717, 1.165) is 19.1 Å². The molecule has 2 unspecified atom stereocenters. The van der Waals surface area contributed by atoms with Gasteiger partial charge < -0.3 is 9.88 Å². The monoisotopic (exact) mass is 276 g/mol. The van der Waals surface area contributed by atoms with Crippen LogP contribution < -0.4 is 5.32 Å². The maximum Gasteiger partial charge on any atom is 0.0951 e. The van der Waals surface area contributed by atoms with Crippen molar-refractivity contribution in [2.75, 3.05) is 26.7 Å². The lowest BCUT2D eigenvalue weighted by molar-refractivity contribution is 0.154. The van der Waals surface area contributed by atoms with Crippen LogP contribution in [0, 0.1) is 5.92 Å². The Kier molecular flexibility index (Phi) is 4.41. The zero-order chi connectivity index (χ0) is 13.9. The van der Waals surface area contributed by atoms with Crippen LogP contribution in [0.1, 0.15) is 56.8 Å². The van der Waals surface area contributed by atoms with Crippen molar-refractivity contribution >= 4 is 0 Å². The highest BCUT2D eigenvalue weighted by Gasteiger charge is 2.35. The molecule has 1 saturated heterocycles. The molecule has 0 radical (unpaired) electrons. The second-order valence-corrected chi connectivity index (χ2v) is 6.34. The summed E-state index contributed by atoms with van der Waals surface area (Å²) < 4.78 is 2.46. The quantitative estimate of drug-likeness (QED) is 0.897. The van der Waals surface area contributed by atoms with Gasteiger partial charge in [0, 0.05) is 12.2 Å². The number of nitrogens with zero attached hydrogens (tertiary/aromatic N) is 3. The van der Waals surface area contributed by atoms with E-state index in [1.54, 1.807) is 0 Å². The number of nitrogens with one attached hydrogen (secondary N) is 1. The van der Waals surface area contributed by atoms with E-state index in [1.807, 2.05) is 0 Å². The second kappa shape index (κ2) is 6.27. The highest BCUT2D eigenvalue weighted by molar-refractivity contribution is 5.12. The predicted molar refractivity (Wildman–Crippen MR) is 81.8 cm³/mol. The van der Waals surface area contributed by atoms with Crippen LogP contribution in [0.5, 0.6) is 0 Å². The molecular weight excluding hydrogens is 248 g/mol. The molecule has 2 atom stereocenters. The summed E-state index contributed by atoms with van der Waals surface area (Å²) in [7, 11) is 2.08. The molecule has 1 aromatic heterocycles. The largest absolute Gasteiger partial charge is 0.330 e. The molecule has 112 valence electrons. The van der Waals surface area contributed by atoms with Gasteiger partial charge in [-0.05, 0) is 58.3 Å². The summed E-state index contributed by atoms with van der Waals surface area (Å²) >= 11 is 0. The van der Waals surface area contributed by atoms with Gasteiger partial charge in [0.15, 0.2) is 0 Å². The van der Waals surface area contributed by atoms with Crippen molar-refractivity contribution in [3.05, 3.63) is 18.2 Å². The van der Waals surface area contributed by atoms with Crippen LogP contribution in [0.3, 0.4) is 0 Å². The number of likely N-dealkylation sites (tertiary alicyclic amines) is 1. The Morgan fingerprint density at radius 2 is 2.15 bits per heavy atom. The molecule has 4 heteroatoms. The van der Waals surface area contributed by atoms with Gasteiger partial charge in [0.1, 0.15) is 0 Å². The molecule has 0 aromatic carbocycles. The minimum absolute atomic E-state index is 0.540. The standard InChI is InChI=1S/C16H28N4/c1-3-19-9-5-4-6-13(10-17-2)16(19)15-11-18-12-20(15)14-7-8-14/h11-14,16-17H,3-10H2,1-2H3. The minimum atomic E-state index is 0.540. The minimum Gasteiger partial charge on any atom is -0.330 e. The molecule has 2 aliphatic rings. The van der Waals surface area contributed by atoms with Crippen molar-refractivity contribution < 1.29 is 0 Å². The zero-order valence-electron chi connectivity index (χ0n) is 12.9. The lowest BCUT2D eigenvalue weighted by Gasteiger charge is -2.35. The first-order valence-corrected chi connectivity index (χ1v) is 8.25. The van der Waals surface area contributed by atoms with Gasteiger partial charge >= 0.3 is 0 Å². The van der Waals surface area contributed by atoms with Gasteiger partial charge in [-0.1, -0.05) is 13.3 Å². The van der Waals surface area contributed by atoms with E-state index in [0.29, 0.717) is 12.0 Å². The SMILES string of the molecule is CCN1CCCCC(CNC)C1c1cncn1C1CC1. The van der Waals surface area contributed by atoms with Crippen LogP contribution in [0.15, 0.2) is 12.5 Å². The first kappa shape index (κ1) is 14.1. The van der Waals surface area contributed by atoms with Gasteiger partial charge in [-0.25, -0.2) is 4.98 Å². The van der Waals surface area contributed by atoms with Crippen molar-refractivity contribution in [3.8, 4) is 0 Å². The molecule has 20 heavy (non-hydrogen) atoms. The fourth-order valence-corrected chi connectivity index (χ4v) is 3.78. The topological polar surface area (TPSA) is 33.1 Å². The van der Waals surface area contributed by atoms with Crippen LogP contribution >= 0.6 is 0 Å². The molecule has 0 spiro atoms. The van der Waals surface area contributed by atoms with E-state index in [1.165, 1.54) is 44.3 Å². The average Bonchev–Trinajstić information content (AvgIpc) is 3.23. The molecule has 1 N–H and O–H groups in total. The zero-order valence-corrected chi connectivity index (χ0v) is 12.9. The fourth-order valence-electron chi connectivity index (χ4n) is 3.78. The molecular formula is C16H28N4. The first-order chi connectivity index (χ1) is 9.85. The molecule has 0 amide bonds. The lowest BCUT2D eigenvalue weighted by Crippen LogP contribution is -2.37. The fraction of sp³-hybridized carbons (Fsp3) is 0.812. The molecule has 1 saturated carbocycles. The summed E-state index contributed by atoms with van der Waals surface area (Å²) in [6, 6.07) is 1.27. The highest BCUT2D eigenvalue weighted by atomic mass is 15.2. The summed E-state index contributed by atoms with van der Waals surface area (Å²) in [5.41, 5.74) is 1.46. The summed E-state index contributed by atoms with van der Waals surface area (Å²) in [6.07, 6.45) is 10.9. The van der Waals surface area contributed by atoms with E-state index < -0.39 is 0 Å². The molecule has 1 aliphatic heterocycles. The van der Waals surface area contributed by atoms with E-state index in [4.69, 9.17) is 0 Å². The number of rotatable bonds is 5. The van der Waals surface area contributed by atoms with Gasteiger partial charge in [0.25, 0.3) is 0 Å². The maximum absolute atomic E-state index is 4.47. The molecule has 2 fully saturated rings. The van der Waals surface area contributed by atoms with Crippen molar-refractivity contribution in [1.29, 1.82) is 0 Å². The third-order valence-corrected chi connectivity index (χ3v) is 4.92. The van der Waals surface area contributed by atoms with Crippen LogP contribution in [0.4, 0.5) is 0 Å². The van der Waals surface area contributed by atoms with Gasteiger partial charge in [0.05, 0.1) is 18.1 Å². The molecule has 1 aliphatic carbocycles. The van der Waals surface area contributed by atoms with E-state index >= 15 is 0 Å². The number of hydrogen-bond acceptors (Lipinski definition) is 3. The average molecular weight is 276 g/mol. The summed E-state index contributed by atoms with van der Waals surface area (Å²) in [5.74, 6) is 0.705. The van der Waals surface area contributed by atoms with Crippen molar-refractivity contribution in [2.24, 2.45) is 5.92 Å². The van der Waals surface area contributed by atoms with E-state index in [9.17, 15) is 0 Å². The number of imidazole rings is 1. The second-order valence-electron chi connectivity index (χ2n) is 6.34.